The summed E-state index contributed by atoms with van der Waals surface area (Å²) in [6.45, 7) is 0. The molecular formula is C13H16N2O4. The lowest BCUT2D eigenvalue weighted by atomic mass is 10.1. The molecule has 6 heteroatoms. The molecule has 1 aromatic heterocycles. The van der Waals surface area contributed by atoms with Crippen molar-refractivity contribution < 1.29 is 19.2 Å². The number of aliphatic carboxylic acids is 1. The molecule has 1 amide bonds. The van der Waals surface area contributed by atoms with Crippen LogP contribution in [0.3, 0.4) is 0 Å². The molecular weight excluding hydrogens is 248 g/mol. The molecule has 2 N–H and O–H groups in total. The Hall–Kier alpha value is -1.85. The maximum absolute atomic E-state index is 12.0. The fourth-order valence-corrected chi connectivity index (χ4v) is 2.55. The second-order valence-electron chi connectivity index (χ2n) is 5.41. The van der Waals surface area contributed by atoms with Gasteiger partial charge in [-0.05, 0) is 32.1 Å². The highest BCUT2D eigenvalue weighted by Crippen LogP contribution is 2.40. The van der Waals surface area contributed by atoms with Gasteiger partial charge in [0.05, 0.1) is 5.92 Å². The van der Waals surface area contributed by atoms with Crippen LogP contribution in [0.25, 0.3) is 0 Å². The molecule has 1 aromatic rings. The van der Waals surface area contributed by atoms with Crippen molar-refractivity contribution in [2.24, 2.45) is 5.92 Å². The quantitative estimate of drug-likeness (QED) is 0.860. The van der Waals surface area contributed by atoms with Gasteiger partial charge in [-0.1, -0.05) is 5.16 Å². The molecule has 0 spiro atoms. The van der Waals surface area contributed by atoms with E-state index in [1.54, 1.807) is 6.07 Å². The van der Waals surface area contributed by atoms with Gasteiger partial charge < -0.3 is 14.9 Å². The van der Waals surface area contributed by atoms with Gasteiger partial charge in [-0.15, -0.1) is 0 Å². The van der Waals surface area contributed by atoms with Crippen molar-refractivity contribution in [3.05, 3.63) is 17.5 Å². The van der Waals surface area contributed by atoms with Gasteiger partial charge in [-0.25, -0.2) is 0 Å². The molecule has 102 valence electrons. The number of hydrogen-bond acceptors (Lipinski definition) is 4. The van der Waals surface area contributed by atoms with Gasteiger partial charge in [0, 0.05) is 18.0 Å². The summed E-state index contributed by atoms with van der Waals surface area (Å²) in [5, 5.41) is 15.5. The Balaban J connectivity index is 1.57. The Labute approximate surface area is 110 Å². The lowest BCUT2D eigenvalue weighted by Crippen LogP contribution is -2.33. The number of hydrogen-bond donors (Lipinski definition) is 2. The van der Waals surface area contributed by atoms with E-state index in [0.29, 0.717) is 30.9 Å². The summed E-state index contributed by atoms with van der Waals surface area (Å²) in [4.78, 5) is 22.8. The van der Waals surface area contributed by atoms with Gasteiger partial charge in [0.15, 0.2) is 5.69 Å². The molecule has 2 saturated carbocycles. The average molecular weight is 264 g/mol. The zero-order valence-electron chi connectivity index (χ0n) is 10.5. The first-order valence-corrected chi connectivity index (χ1v) is 6.64. The second-order valence-corrected chi connectivity index (χ2v) is 5.41. The minimum Gasteiger partial charge on any atom is -0.481 e. The zero-order valence-corrected chi connectivity index (χ0v) is 10.5. The normalized spacial score (nSPS) is 26.3. The number of nitrogens with zero attached hydrogens (tertiary/aromatic N) is 1. The number of carbonyl (C=O) groups excluding carboxylic acids is 1. The molecule has 0 aromatic carbocycles. The van der Waals surface area contributed by atoms with E-state index in [4.69, 9.17) is 9.63 Å². The van der Waals surface area contributed by atoms with E-state index in [1.807, 2.05) is 0 Å². The number of aromatic nitrogens is 1. The summed E-state index contributed by atoms with van der Waals surface area (Å²) in [5.74, 6) is -0.192. The SMILES string of the molecule is O=C(N[C@H]1CC[C@@H](C(=O)O)C1)c1cc(C2CC2)on1. The van der Waals surface area contributed by atoms with Crippen molar-refractivity contribution in [3.8, 4) is 0 Å². The molecule has 0 aliphatic heterocycles. The maximum Gasteiger partial charge on any atom is 0.306 e. The van der Waals surface area contributed by atoms with Crippen molar-refractivity contribution in [3.63, 3.8) is 0 Å². The van der Waals surface area contributed by atoms with Crippen molar-refractivity contribution in [2.75, 3.05) is 0 Å². The van der Waals surface area contributed by atoms with Crippen molar-refractivity contribution in [2.45, 2.75) is 44.1 Å². The Morgan fingerprint density at radius 2 is 2.11 bits per heavy atom. The van der Waals surface area contributed by atoms with Crippen LogP contribution in [0.15, 0.2) is 10.6 Å². The molecule has 0 unspecified atom stereocenters. The van der Waals surface area contributed by atoms with E-state index in [0.717, 1.165) is 18.6 Å². The van der Waals surface area contributed by atoms with Crippen molar-refractivity contribution in [1.82, 2.24) is 10.5 Å². The van der Waals surface area contributed by atoms with Gasteiger partial charge in [0.2, 0.25) is 0 Å². The van der Waals surface area contributed by atoms with Crippen LogP contribution < -0.4 is 5.32 Å². The Morgan fingerprint density at radius 1 is 1.32 bits per heavy atom. The van der Waals surface area contributed by atoms with Gasteiger partial charge in [0.25, 0.3) is 5.91 Å². The summed E-state index contributed by atoms with van der Waals surface area (Å²) >= 11 is 0. The van der Waals surface area contributed by atoms with Crippen LogP contribution in [0.4, 0.5) is 0 Å². The van der Waals surface area contributed by atoms with Crippen LogP contribution in [0.1, 0.15) is 54.3 Å². The third-order valence-electron chi connectivity index (χ3n) is 3.86. The Morgan fingerprint density at radius 3 is 2.74 bits per heavy atom. The molecule has 2 atom stereocenters. The number of carboxylic acids is 1. The predicted molar refractivity (Wildman–Crippen MR) is 64.7 cm³/mol. The number of carboxylic acid groups (broad SMARTS) is 1. The van der Waals surface area contributed by atoms with E-state index in [-0.39, 0.29) is 17.9 Å². The smallest absolute Gasteiger partial charge is 0.306 e. The summed E-state index contributed by atoms with van der Waals surface area (Å²) in [6.07, 6.45) is 4.01. The van der Waals surface area contributed by atoms with Crippen LogP contribution >= 0.6 is 0 Å². The third-order valence-corrected chi connectivity index (χ3v) is 3.86. The molecule has 0 bridgehead atoms. The number of nitrogens with one attached hydrogen (secondary N) is 1. The number of carbonyl (C=O) groups is 2. The summed E-state index contributed by atoms with van der Waals surface area (Å²) < 4.78 is 5.13. The lowest BCUT2D eigenvalue weighted by molar-refractivity contribution is -0.141. The highest BCUT2D eigenvalue weighted by Gasteiger charge is 2.32. The highest BCUT2D eigenvalue weighted by molar-refractivity contribution is 5.92. The van der Waals surface area contributed by atoms with Crippen LogP contribution in [0, 0.1) is 5.92 Å². The van der Waals surface area contributed by atoms with Crippen LogP contribution in [-0.2, 0) is 4.79 Å². The number of amides is 1. The first-order chi connectivity index (χ1) is 9.13. The lowest BCUT2D eigenvalue weighted by Gasteiger charge is -2.10. The number of rotatable bonds is 4. The second kappa shape index (κ2) is 4.68. The zero-order chi connectivity index (χ0) is 13.4. The first-order valence-electron chi connectivity index (χ1n) is 6.64. The third kappa shape index (κ3) is 2.62. The Bertz CT molecular complexity index is 506. The van der Waals surface area contributed by atoms with Gasteiger partial charge in [-0.3, -0.25) is 9.59 Å². The van der Waals surface area contributed by atoms with Crippen molar-refractivity contribution in [1.29, 1.82) is 0 Å². The van der Waals surface area contributed by atoms with E-state index in [2.05, 4.69) is 10.5 Å². The van der Waals surface area contributed by atoms with Crippen LogP contribution in [0.2, 0.25) is 0 Å². The highest BCUT2D eigenvalue weighted by atomic mass is 16.5. The summed E-state index contributed by atoms with van der Waals surface area (Å²) in [5.41, 5.74) is 0.292. The molecule has 19 heavy (non-hydrogen) atoms. The van der Waals surface area contributed by atoms with Gasteiger partial charge in [-0.2, -0.15) is 0 Å². The molecule has 6 nitrogen and oxygen atoms in total. The molecule has 1 heterocycles. The van der Waals surface area contributed by atoms with E-state index in [9.17, 15) is 9.59 Å². The monoisotopic (exact) mass is 264 g/mol. The maximum atomic E-state index is 12.0. The molecule has 3 rings (SSSR count). The standard InChI is InChI=1S/C13H16N2O4/c16-12(10-6-11(19-15-10)7-1-2-7)14-9-4-3-8(5-9)13(17)18/h6-9H,1-5H2,(H,14,16)(H,17,18)/t8-,9+/m1/s1. The fourth-order valence-electron chi connectivity index (χ4n) is 2.55. The predicted octanol–water partition coefficient (Wildman–Crippen LogP) is 1.54. The van der Waals surface area contributed by atoms with Crippen molar-refractivity contribution >= 4 is 11.9 Å². The molecule has 2 aliphatic carbocycles. The minimum atomic E-state index is -0.783. The van der Waals surface area contributed by atoms with Crippen LogP contribution in [-0.4, -0.2) is 28.2 Å². The molecule has 2 fully saturated rings. The largest absolute Gasteiger partial charge is 0.481 e. The minimum absolute atomic E-state index is 0.0744. The topological polar surface area (TPSA) is 92.4 Å². The molecule has 0 radical (unpaired) electrons. The summed E-state index contributed by atoms with van der Waals surface area (Å²) in [7, 11) is 0. The summed E-state index contributed by atoms with van der Waals surface area (Å²) in [6, 6.07) is 1.62. The van der Waals surface area contributed by atoms with Gasteiger partial charge in [0.1, 0.15) is 5.76 Å². The van der Waals surface area contributed by atoms with Crippen LogP contribution in [0.5, 0.6) is 0 Å². The van der Waals surface area contributed by atoms with E-state index >= 15 is 0 Å². The first kappa shape index (κ1) is 12.2. The Kier molecular flexibility index (Phi) is 3.00. The molecule has 0 saturated heterocycles. The fraction of sp³-hybridized carbons (Fsp3) is 0.615. The van der Waals surface area contributed by atoms with E-state index < -0.39 is 5.97 Å². The average Bonchev–Trinajstić information content (AvgIpc) is 2.92. The molecule has 2 aliphatic rings. The van der Waals surface area contributed by atoms with E-state index in [1.165, 1.54) is 0 Å². The van der Waals surface area contributed by atoms with Gasteiger partial charge >= 0.3 is 5.97 Å².